The number of fused-ring (bicyclic) bond motifs is 1. The fraction of sp³-hybridized carbons (Fsp3) is 0.478. The van der Waals surface area contributed by atoms with Crippen LogP contribution in [0, 0.1) is 12.8 Å². The highest BCUT2D eigenvalue weighted by atomic mass is 32.1. The predicted octanol–water partition coefficient (Wildman–Crippen LogP) is 4.98. The van der Waals surface area contributed by atoms with Crippen molar-refractivity contribution in [3.8, 4) is 10.6 Å². The molecule has 0 spiro atoms. The third kappa shape index (κ3) is 4.67. The summed E-state index contributed by atoms with van der Waals surface area (Å²) in [4.78, 5) is 18.9. The van der Waals surface area contributed by atoms with Gasteiger partial charge < -0.3 is 4.90 Å². The Balaban J connectivity index is 1.45. The van der Waals surface area contributed by atoms with Gasteiger partial charge in [0.05, 0.1) is 18.7 Å². The molecule has 1 aliphatic heterocycles. The molecule has 1 aromatic carbocycles. The van der Waals surface area contributed by atoms with Crippen LogP contribution in [-0.4, -0.2) is 45.2 Å². The van der Waals surface area contributed by atoms with Gasteiger partial charge in [0.2, 0.25) is 5.91 Å². The Morgan fingerprint density at radius 3 is 2.87 bits per heavy atom. The number of amides is 1. The van der Waals surface area contributed by atoms with E-state index in [1.54, 1.807) is 22.4 Å². The standard InChI is InChI=1S/C23H27FN4OS/c1-3-4-5-16-8-9-28(14-21(16)24)22(29)12-20-11-19-10-17(6-7-18(19)13-25-20)23-27-26-15(2)30-23/h6-7,10-11,13,16,21H,3-5,8-9,12,14H2,1-2H3/t16-,21-/m0/s1. The van der Waals surface area contributed by atoms with Crippen molar-refractivity contribution in [2.45, 2.75) is 52.1 Å². The molecule has 3 heterocycles. The number of halogens is 1. The number of aromatic nitrogens is 3. The number of pyridine rings is 1. The number of aryl methyl sites for hydroxylation is 1. The van der Waals surface area contributed by atoms with Crippen LogP contribution in [0.25, 0.3) is 21.3 Å². The second-order valence-corrected chi connectivity index (χ2v) is 9.27. The molecule has 0 unspecified atom stereocenters. The largest absolute Gasteiger partial charge is 0.339 e. The number of unbranched alkanes of at least 4 members (excludes halogenated alkanes) is 1. The first-order valence-electron chi connectivity index (χ1n) is 10.6. The van der Waals surface area contributed by atoms with Gasteiger partial charge in [-0.2, -0.15) is 0 Å². The highest BCUT2D eigenvalue weighted by Gasteiger charge is 2.31. The molecule has 2 atom stereocenters. The molecular weight excluding hydrogens is 399 g/mol. The summed E-state index contributed by atoms with van der Waals surface area (Å²) < 4.78 is 14.5. The molecule has 1 fully saturated rings. The van der Waals surface area contributed by atoms with E-state index in [0.717, 1.165) is 52.0 Å². The molecule has 0 aliphatic carbocycles. The van der Waals surface area contributed by atoms with Gasteiger partial charge in [-0.1, -0.05) is 43.2 Å². The van der Waals surface area contributed by atoms with Crippen LogP contribution in [-0.2, 0) is 11.2 Å². The number of carbonyl (C=O) groups excluding carboxylic acids is 1. The molecule has 3 aromatic rings. The number of piperidine rings is 1. The van der Waals surface area contributed by atoms with Crippen molar-refractivity contribution in [1.29, 1.82) is 0 Å². The van der Waals surface area contributed by atoms with Crippen LogP contribution in [0.5, 0.6) is 0 Å². The number of rotatable bonds is 6. The average Bonchev–Trinajstić information content (AvgIpc) is 3.18. The number of nitrogens with zero attached hydrogens (tertiary/aromatic N) is 4. The Bertz CT molecular complexity index is 1040. The molecule has 7 heteroatoms. The fourth-order valence-electron chi connectivity index (χ4n) is 4.07. The van der Waals surface area contributed by atoms with Gasteiger partial charge in [0.1, 0.15) is 16.2 Å². The van der Waals surface area contributed by atoms with Gasteiger partial charge in [0.25, 0.3) is 0 Å². The summed E-state index contributed by atoms with van der Waals surface area (Å²) in [6.07, 6.45) is 4.88. The summed E-state index contributed by atoms with van der Waals surface area (Å²) in [5.74, 6) is 0.0459. The highest BCUT2D eigenvalue weighted by Crippen LogP contribution is 2.28. The summed E-state index contributed by atoms with van der Waals surface area (Å²) in [6, 6.07) is 8.03. The van der Waals surface area contributed by atoms with Crippen molar-refractivity contribution in [3.05, 3.63) is 41.2 Å². The lowest BCUT2D eigenvalue weighted by atomic mass is 9.90. The third-order valence-electron chi connectivity index (χ3n) is 5.84. The van der Waals surface area contributed by atoms with Crippen molar-refractivity contribution >= 4 is 28.0 Å². The van der Waals surface area contributed by atoms with E-state index in [0.29, 0.717) is 12.2 Å². The van der Waals surface area contributed by atoms with Crippen molar-refractivity contribution in [2.24, 2.45) is 5.92 Å². The molecule has 0 saturated carbocycles. The van der Waals surface area contributed by atoms with E-state index >= 15 is 0 Å². The van der Waals surface area contributed by atoms with Crippen LogP contribution in [0.4, 0.5) is 4.39 Å². The van der Waals surface area contributed by atoms with Crippen molar-refractivity contribution < 1.29 is 9.18 Å². The van der Waals surface area contributed by atoms with Gasteiger partial charge in [0.15, 0.2) is 0 Å². The van der Waals surface area contributed by atoms with Crippen molar-refractivity contribution in [1.82, 2.24) is 20.1 Å². The topological polar surface area (TPSA) is 59.0 Å². The quantitative estimate of drug-likeness (QED) is 0.558. The summed E-state index contributed by atoms with van der Waals surface area (Å²) in [5, 5.41) is 12.1. The van der Waals surface area contributed by atoms with Crippen LogP contribution in [0.2, 0.25) is 0 Å². The van der Waals surface area contributed by atoms with Crippen LogP contribution in [0.1, 0.15) is 43.3 Å². The summed E-state index contributed by atoms with van der Waals surface area (Å²) in [6.45, 7) is 4.91. The molecule has 0 radical (unpaired) electrons. The number of alkyl halides is 1. The first-order chi connectivity index (χ1) is 14.5. The summed E-state index contributed by atoms with van der Waals surface area (Å²) in [7, 11) is 0. The minimum Gasteiger partial charge on any atom is -0.339 e. The van der Waals surface area contributed by atoms with Crippen molar-refractivity contribution in [3.63, 3.8) is 0 Å². The van der Waals surface area contributed by atoms with Gasteiger partial charge in [-0.25, -0.2) is 4.39 Å². The second kappa shape index (κ2) is 9.16. The predicted molar refractivity (Wildman–Crippen MR) is 118 cm³/mol. The highest BCUT2D eigenvalue weighted by molar-refractivity contribution is 7.14. The van der Waals surface area contributed by atoms with Crippen LogP contribution < -0.4 is 0 Å². The summed E-state index contributed by atoms with van der Waals surface area (Å²) in [5.41, 5.74) is 1.72. The van der Waals surface area contributed by atoms with E-state index in [1.807, 2.05) is 25.1 Å². The van der Waals surface area contributed by atoms with Gasteiger partial charge in [-0.3, -0.25) is 9.78 Å². The fourth-order valence-corrected chi connectivity index (χ4v) is 4.76. The minimum atomic E-state index is -0.920. The zero-order valence-electron chi connectivity index (χ0n) is 17.5. The average molecular weight is 427 g/mol. The number of hydrogen-bond donors (Lipinski definition) is 0. The van der Waals surface area contributed by atoms with E-state index in [4.69, 9.17) is 0 Å². The number of hydrogen-bond acceptors (Lipinski definition) is 5. The normalized spacial score (nSPS) is 19.4. The SMILES string of the molecule is CCCC[C@H]1CCN(C(=O)Cc2cc3cc(-c4nnc(C)s4)ccc3cn2)C[C@@H]1F. The Hall–Kier alpha value is -2.41. The van der Waals surface area contributed by atoms with Crippen molar-refractivity contribution in [2.75, 3.05) is 13.1 Å². The lowest BCUT2D eigenvalue weighted by Gasteiger charge is -2.34. The van der Waals surface area contributed by atoms with Crippen LogP contribution >= 0.6 is 11.3 Å². The molecule has 0 bridgehead atoms. The van der Waals surface area contributed by atoms with Gasteiger partial charge in [-0.15, -0.1) is 10.2 Å². The lowest BCUT2D eigenvalue weighted by Crippen LogP contribution is -2.45. The van der Waals surface area contributed by atoms with Gasteiger partial charge in [0, 0.05) is 23.7 Å². The van der Waals surface area contributed by atoms with Gasteiger partial charge >= 0.3 is 0 Å². The third-order valence-corrected chi connectivity index (χ3v) is 6.73. The number of benzene rings is 1. The van der Waals surface area contributed by atoms with Gasteiger partial charge in [-0.05, 0) is 43.2 Å². The molecule has 4 rings (SSSR count). The van der Waals surface area contributed by atoms with E-state index in [9.17, 15) is 9.18 Å². The molecule has 1 saturated heterocycles. The number of carbonyl (C=O) groups is 1. The molecule has 158 valence electrons. The monoisotopic (exact) mass is 426 g/mol. The maximum absolute atomic E-state index is 14.5. The zero-order valence-corrected chi connectivity index (χ0v) is 18.3. The molecule has 30 heavy (non-hydrogen) atoms. The Kier molecular flexibility index (Phi) is 6.37. The minimum absolute atomic E-state index is 0.0469. The Labute approximate surface area is 180 Å². The van der Waals surface area contributed by atoms with E-state index in [1.165, 1.54) is 0 Å². The van der Waals surface area contributed by atoms with E-state index in [2.05, 4.69) is 28.2 Å². The summed E-state index contributed by atoms with van der Waals surface area (Å²) >= 11 is 1.55. The maximum atomic E-state index is 14.5. The molecular formula is C23H27FN4OS. The second-order valence-electron chi connectivity index (χ2n) is 8.09. The molecule has 0 N–H and O–H groups in total. The molecule has 5 nitrogen and oxygen atoms in total. The van der Waals surface area contributed by atoms with E-state index < -0.39 is 6.17 Å². The Morgan fingerprint density at radius 2 is 2.13 bits per heavy atom. The first-order valence-corrected chi connectivity index (χ1v) is 11.5. The van der Waals surface area contributed by atoms with Crippen LogP contribution in [0.15, 0.2) is 30.5 Å². The number of likely N-dealkylation sites (tertiary alicyclic amines) is 1. The van der Waals surface area contributed by atoms with E-state index in [-0.39, 0.29) is 24.8 Å². The smallest absolute Gasteiger partial charge is 0.228 e. The Morgan fingerprint density at radius 1 is 1.27 bits per heavy atom. The maximum Gasteiger partial charge on any atom is 0.228 e. The lowest BCUT2D eigenvalue weighted by molar-refractivity contribution is -0.133. The molecule has 1 aliphatic rings. The molecule has 1 amide bonds. The van der Waals surface area contributed by atoms with Crippen LogP contribution in [0.3, 0.4) is 0 Å². The molecule has 2 aromatic heterocycles. The first kappa shape index (κ1) is 20.8. The zero-order chi connectivity index (χ0) is 21.1.